The van der Waals surface area contributed by atoms with Crippen LogP contribution in [-0.2, 0) is 9.84 Å². The van der Waals surface area contributed by atoms with Crippen molar-refractivity contribution in [2.45, 2.75) is 49.8 Å². The zero-order valence-corrected chi connectivity index (χ0v) is 14.9. The van der Waals surface area contributed by atoms with Gasteiger partial charge in [0, 0.05) is 18.2 Å². The summed E-state index contributed by atoms with van der Waals surface area (Å²) in [5.74, 6) is -0.138. The smallest absolute Gasteiger partial charge is 0.251 e. The number of hydrogen-bond donors (Lipinski definition) is 1. The van der Waals surface area contributed by atoms with E-state index in [0.29, 0.717) is 5.56 Å². The summed E-state index contributed by atoms with van der Waals surface area (Å²) < 4.78 is 24.2. The summed E-state index contributed by atoms with van der Waals surface area (Å²) in [4.78, 5) is 14.9. The lowest BCUT2D eigenvalue weighted by atomic mass is 10.1. The predicted molar refractivity (Wildman–Crippen MR) is 91.4 cm³/mol. The number of carbonyl (C=O) groups excluding carboxylic acids is 1. The van der Waals surface area contributed by atoms with E-state index in [4.69, 9.17) is 0 Å². The normalized spacial score (nSPS) is 19.7. The van der Waals surface area contributed by atoms with E-state index in [2.05, 4.69) is 17.1 Å². The number of rotatable bonds is 5. The van der Waals surface area contributed by atoms with Crippen LogP contribution in [0.4, 0.5) is 0 Å². The second-order valence-electron chi connectivity index (χ2n) is 6.32. The Bertz CT molecular complexity index is 638. The first-order valence-electron chi connectivity index (χ1n) is 8.21. The first-order valence-corrected chi connectivity index (χ1v) is 9.76. The van der Waals surface area contributed by atoms with Gasteiger partial charge in [0.2, 0.25) is 0 Å². The highest BCUT2D eigenvalue weighted by Crippen LogP contribution is 2.17. The van der Waals surface area contributed by atoms with Crippen LogP contribution in [-0.4, -0.2) is 50.2 Å². The maximum atomic E-state index is 12.3. The molecule has 5 nitrogen and oxygen atoms in total. The minimum Gasteiger partial charge on any atom is -0.348 e. The van der Waals surface area contributed by atoms with Gasteiger partial charge < -0.3 is 10.2 Å². The predicted octanol–water partition coefficient (Wildman–Crippen LogP) is 2.08. The first kappa shape index (κ1) is 17.9. The van der Waals surface area contributed by atoms with Crippen LogP contribution in [0.5, 0.6) is 0 Å². The Balaban J connectivity index is 2.03. The third-order valence-corrected chi connectivity index (χ3v) is 6.52. The molecule has 0 aromatic heterocycles. The largest absolute Gasteiger partial charge is 0.348 e. The lowest BCUT2D eigenvalue weighted by Gasteiger charge is -2.32. The summed E-state index contributed by atoms with van der Waals surface area (Å²) in [6, 6.07) is 6.37. The number of carbonyl (C=O) groups is 1. The maximum absolute atomic E-state index is 12.3. The minimum atomic E-state index is -3.30. The third-order valence-electron chi connectivity index (χ3n) is 4.35. The van der Waals surface area contributed by atoms with Crippen molar-refractivity contribution in [2.75, 3.05) is 19.6 Å². The number of likely N-dealkylation sites (N-methyl/N-ethyl adjacent to an activating group) is 1. The number of piperidine rings is 1. The molecule has 23 heavy (non-hydrogen) atoms. The molecule has 128 valence electrons. The number of nitrogens with one attached hydrogen (secondary N) is 1. The Morgan fingerprint density at radius 2 is 1.96 bits per heavy atom. The average Bonchev–Trinajstić information content (AvgIpc) is 2.55. The van der Waals surface area contributed by atoms with E-state index < -0.39 is 15.1 Å². The quantitative estimate of drug-likeness (QED) is 0.893. The molecule has 0 bridgehead atoms. The van der Waals surface area contributed by atoms with Gasteiger partial charge in [-0.05, 0) is 64.0 Å². The Morgan fingerprint density at radius 3 is 2.52 bits per heavy atom. The van der Waals surface area contributed by atoms with Crippen LogP contribution in [0.3, 0.4) is 0 Å². The fourth-order valence-corrected chi connectivity index (χ4v) is 3.86. The van der Waals surface area contributed by atoms with Crippen LogP contribution in [0, 0.1) is 0 Å². The van der Waals surface area contributed by atoms with Gasteiger partial charge in [-0.15, -0.1) is 0 Å². The molecule has 1 aliphatic heterocycles. The topological polar surface area (TPSA) is 66.5 Å². The van der Waals surface area contributed by atoms with Crippen LogP contribution in [0.2, 0.25) is 0 Å². The van der Waals surface area contributed by atoms with E-state index in [-0.39, 0.29) is 16.8 Å². The summed E-state index contributed by atoms with van der Waals surface area (Å²) in [5, 5.41) is 2.58. The molecule has 6 heteroatoms. The monoisotopic (exact) mass is 338 g/mol. The maximum Gasteiger partial charge on any atom is 0.251 e. The molecule has 1 amide bonds. The fraction of sp³-hybridized carbons (Fsp3) is 0.588. The van der Waals surface area contributed by atoms with Gasteiger partial charge in [0.15, 0.2) is 9.84 Å². The van der Waals surface area contributed by atoms with Gasteiger partial charge in [0.25, 0.3) is 5.91 Å². The Hall–Kier alpha value is -1.40. The number of benzene rings is 1. The van der Waals surface area contributed by atoms with Crippen LogP contribution >= 0.6 is 0 Å². The molecule has 1 saturated heterocycles. The van der Waals surface area contributed by atoms with E-state index in [9.17, 15) is 13.2 Å². The van der Waals surface area contributed by atoms with Gasteiger partial charge in [-0.25, -0.2) is 8.42 Å². The molecular formula is C17H26N2O3S. The molecule has 0 spiro atoms. The van der Waals surface area contributed by atoms with E-state index in [0.717, 1.165) is 32.5 Å². The van der Waals surface area contributed by atoms with E-state index in [1.807, 2.05) is 0 Å². The van der Waals surface area contributed by atoms with Crippen LogP contribution < -0.4 is 5.32 Å². The molecule has 1 unspecified atom stereocenters. The Morgan fingerprint density at radius 1 is 1.30 bits per heavy atom. The van der Waals surface area contributed by atoms with Crippen LogP contribution in [0.1, 0.15) is 44.0 Å². The van der Waals surface area contributed by atoms with Gasteiger partial charge in [-0.1, -0.05) is 6.92 Å². The molecule has 1 aromatic carbocycles. The number of likely N-dealkylation sites (tertiary alicyclic amines) is 1. The van der Waals surface area contributed by atoms with Gasteiger partial charge in [-0.3, -0.25) is 4.79 Å². The average molecular weight is 338 g/mol. The van der Waals surface area contributed by atoms with Gasteiger partial charge >= 0.3 is 0 Å². The van der Waals surface area contributed by atoms with E-state index >= 15 is 0 Å². The molecule has 1 heterocycles. The number of hydrogen-bond acceptors (Lipinski definition) is 4. The van der Waals surface area contributed by atoms with Crippen molar-refractivity contribution in [2.24, 2.45) is 0 Å². The zero-order valence-electron chi connectivity index (χ0n) is 14.1. The third kappa shape index (κ3) is 4.32. The zero-order chi connectivity index (χ0) is 17.0. The number of nitrogens with zero attached hydrogens (tertiary/aromatic N) is 1. The molecule has 1 aliphatic rings. The Kier molecular flexibility index (Phi) is 5.81. The number of sulfone groups is 1. The summed E-state index contributed by atoms with van der Waals surface area (Å²) in [7, 11) is -3.30. The van der Waals surface area contributed by atoms with E-state index in [1.165, 1.54) is 12.1 Å². The van der Waals surface area contributed by atoms with Gasteiger partial charge in [0.05, 0.1) is 10.1 Å². The summed E-state index contributed by atoms with van der Waals surface area (Å²) in [6.07, 6.45) is 2.08. The minimum absolute atomic E-state index is 0.138. The standard InChI is InChI=1S/C17H26N2O3S/c1-4-19-11-5-6-15(12-19)18-17(20)14-7-9-16(10-8-14)23(21,22)13(2)3/h7-10,13,15H,4-6,11-12H2,1-3H3,(H,18,20). The van der Waals surface area contributed by atoms with Crippen LogP contribution in [0.25, 0.3) is 0 Å². The van der Waals surface area contributed by atoms with Crippen molar-refractivity contribution < 1.29 is 13.2 Å². The summed E-state index contributed by atoms with van der Waals surface area (Å²) >= 11 is 0. The highest BCUT2D eigenvalue weighted by Gasteiger charge is 2.22. The lowest BCUT2D eigenvalue weighted by molar-refractivity contribution is 0.0905. The van der Waals surface area contributed by atoms with Crippen LogP contribution in [0.15, 0.2) is 29.2 Å². The van der Waals surface area contributed by atoms with Crippen molar-refractivity contribution >= 4 is 15.7 Å². The molecule has 1 fully saturated rings. The molecule has 1 aromatic rings. The molecule has 0 saturated carbocycles. The molecular weight excluding hydrogens is 312 g/mol. The van der Waals surface area contributed by atoms with Gasteiger partial charge in [-0.2, -0.15) is 0 Å². The van der Waals surface area contributed by atoms with Crippen molar-refractivity contribution in [1.82, 2.24) is 10.2 Å². The summed E-state index contributed by atoms with van der Waals surface area (Å²) in [5.41, 5.74) is 0.501. The highest BCUT2D eigenvalue weighted by atomic mass is 32.2. The summed E-state index contributed by atoms with van der Waals surface area (Å²) in [6.45, 7) is 8.38. The van der Waals surface area contributed by atoms with Crippen molar-refractivity contribution in [3.05, 3.63) is 29.8 Å². The van der Waals surface area contributed by atoms with Crippen molar-refractivity contribution in [3.8, 4) is 0 Å². The second kappa shape index (κ2) is 7.45. The fourth-order valence-electron chi connectivity index (χ4n) is 2.80. The highest BCUT2D eigenvalue weighted by molar-refractivity contribution is 7.92. The van der Waals surface area contributed by atoms with E-state index in [1.54, 1.807) is 26.0 Å². The van der Waals surface area contributed by atoms with Crippen molar-refractivity contribution in [1.29, 1.82) is 0 Å². The second-order valence-corrected chi connectivity index (χ2v) is 8.83. The SMILES string of the molecule is CCN1CCCC(NC(=O)c2ccc(S(=O)(=O)C(C)C)cc2)C1. The lowest BCUT2D eigenvalue weighted by Crippen LogP contribution is -2.47. The first-order chi connectivity index (χ1) is 10.8. The molecule has 1 N–H and O–H groups in total. The molecule has 1 atom stereocenters. The molecule has 0 aliphatic carbocycles. The molecule has 2 rings (SSSR count). The van der Waals surface area contributed by atoms with Crippen molar-refractivity contribution in [3.63, 3.8) is 0 Å². The molecule has 0 radical (unpaired) electrons. The van der Waals surface area contributed by atoms with Gasteiger partial charge in [0.1, 0.15) is 0 Å². The number of amides is 1. The Labute approximate surface area is 139 Å².